The second-order valence-electron chi connectivity index (χ2n) is 11.1. The van der Waals surface area contributed by atoms with Crippen LogP contribution in [0.2, 0.25) is 0 Å². The van der Waals surface area contributed by atoms with Gasteiger partial charge in [0.05, 0.1) is 25.6 Å². The van der Waals surface area contributed by atoms with Gasteiger partial charge in [-0.15, -0.1) is 0 Å². The van der Waals surface area contributed by atoms with Crippen molar-refractivity contribution < 1.29 is 29.0 Å². The molecule has 1 aliphatic rings. The molecule has 0 radical (unpaired) electrons. The van der Waals surface area contributed by atoms with Crippen molar-refractivity contribution in [2.75, 3.05) is 24.0 Å². The van der Waals surface area contributed by atoms with E-state index in [0.717, 1.165) is 20.9 Å². The van der Waals surface area contributed by atoms with E-state index in [-0.39, 0.29) is 24.8 Å². The van der Waals surface area contributed by atoms with Gasteiger partial charge in [0.15, 0.2) is 0 Å². The lowest BCUT2D eigenvalue weighted by atomic mass is 9.81. The van der Waals surface area contributed by atoms with Gasteiger partial charge in [-0.1, -0.05) is 49.4 Å². The highest BCUT2D eigenvalue weighted by Gasteiger charge is 2.55. The van der Waals surface area contributed by atoms with Crippen LogP contribution in [0.15, 0.2) is 97.5 Å². The number of anilines is 2. The number of aromatic nitrogens is 2. The van der Waals surface area contributed by atoms with Crippen molar-refractivity contribution in [1.29, 1.82) is 0 Å². The first-order valence-electron chi connectivity index (χ1n) is 15.2. The molecule has 0 bridgehead atoms. The van der Waals surface area contributed by atoms with Gasteiger partial charge in [-0.2, -0.15) is 0 Å². The number of urea groups is 1. The van der Waals surface area contributed by atoms with Crippen molar-refractivity contribution in [2.45, 2.75) is 38.4 Å². The van der Waals surface area contributed by atoms with Crippen molar-refractivity contribution >= 4 is 35.4 Å². The molecule has 4 aromatic rings. The Kier molecular flexibility index (Phi) is 10.1. The average molecular weight is 637 g/mol. The van der Waals surface area contributed by atoms with E-state index in [1.807, 2.05) is 37.3 Å². The zero-order valence-electron chi connectivity index (χ0n) is 26.3. The molecule has 5 amide bonds. The molecule has 2 aromatic heterocycles. The maximum absolute atomic E-state index is 13.9. The number of ether oxygens (including phenoxy) is 1. The fourth-order valence-electron chi connectivity index (χ4n) is 5.62. The minimum absolute atomic E-state index is 0.0317. The Bertz CT molecular complexity index is 1720. The van der Waals surface area contributed by atoms with Crippen LogP contribution in [0.25, 0.3) is 0 Å². The van der Waals surface area contributed by atoms with Crippen LogP contribution in [0, 0.1) is 5.92 Å². The number of nitrogens with one attached hydrogen (secondary N) is 1. The molecule has 2 aromatic carbocycles. The number of β-lactam (4-membered cyclic amide) rings is 1. The molecule has 1 aliphatic heterocycles. The fourth-order valence-corrected chi connectivity index (χ4v) is 5.62. The van der Waals surface area contributed by atoms with E-state index < -0.39 is 35.9 Å². The minimum atomic E-state index is -1.20. The Labute approximate surface area is 272 Å². The molecule has 2 N–H and O–H groups in total. The Balaban J connectivity index is 1.40. The smallest absolute Gasteiger partial charge is 0.413 e. The van der Waals surface area contributed by atoms with Crippen LogP contribution >= 0.6 is 0 Å². The maximum atomic E-state index is 13.9. The van der Waals surface area contributed by atoms with Gasteiger partial charge in [0.1, 0.15) is 17.6 Å². The summed E-state index contributed by atoms with van der Waals surface area (Å²) in [6, 6.07) is 20.9. The Morgan fingerprint density at radius 1 is 0.979 bits per heavy atom. The SMILES string of the molecule is CC[C@@H](NC(=O)N1C(=O)[C@H](Cc2ccnc(N(Cc3ccc(OC)cc3)C(=O)O)c2)[C@H]1C(=O)N(C)c1ccncc1)c1ccccc1. The topological polar surface area (TPSA) is 145 Å². The second kappa shape index (κ2) is 14.5. The Morgan fingerprint density at radius 2 is 1.68 bits per heavy atom. The van der Waals surface area contributed by atoms with Gasteiger partial charge in [-0.05, 0) is 65.9 Å². The van der Waals surface area contributed by atoms with E-state index >= 15 is 0 Å². The van der Waals surface area contributed by atoms with Gasteiger partial charge < -0.3 is 20.1 Å². The highest BCUT2D eigenvalue weighted by atomic mass is 16.5. The Morgan fingerprint density at radius 3 is 2.32 bits per heavy atom. The molecule has 3 atom stereocenters. The summed E-state index contributed by atoms with van der Waals surface area (Å²) < 4.78 is 5.19. The largest absolute Gasteiger partial charge is 0.497 e. The van der Waals surface area contributed by atoms with E-state index in [2.05, 4.69) is 15.3 Å². The van der Waals surface area contributed by atoms with Gasteiger partial charge in [-0.3, -0.25) is 24.4 Å². The normalized spacial score (nSPS) is 16.1. The number of hydrogen-bond donors (Lipinski definition) is 2. The summed E-state index contributed by atoms with van der Waals surface area (Å²) in [6.07, 6.45) is 4.03. The summed E-state index contributed by atoms with van der Waals surface area (Å²) in [4.78, 5) is 65.3. The van der Waals surface area contributed by atoms with Gasteiger partial charge in [-0.25, -0.2) is 14.6 Å². The highest BCUT2D eigenvalue weighted by molar-refractivity contribution is 6.12. The average Bonchev–Trinajstić information content (AvgIpc) is 3.10. The van der Waals surface area contributed by atoms with Crippen molar-refractivity contribution in [3.63, 3.8) is 0 Å². The molecule has 5 rings (SSSR count). The van der Waals surface area contributed by atoms with Gasteiger partial charge >= 0.3 is 12.1 Å². The standard InChI is InChI=1S/C35H36N6O6/c1-4-29(25-8-6-5-7-9-25)38-34(44)41-31(33(43)39(2)26-15-17-36-18-16-26)28(32(41)42)20-24-14-19-37-30(21-24)40(35(45)46)22-23-10-12-27(47-3)13-11-23/h5-19,21,28-29,31H,4,20,22H2,1-3H3,(H,38,44)(H,45,46)/t28-,29-,31+/m1/s1. The van der Waals surface area contributed by atoms with Crippen LogP contribution in [-0.4, -0.2) is 64.1 Å². The molecule has 12 nitrogen and oxygen atoms in total. The number of likely N-dealkylation sites (N-methyl/N-ethyl adjacent to an activating group) is 1. The summed E-state index contributed by atoms with van der Waals surface area (Å²) in [6.45, 7) is 1.96. The monoisotopic (exact) mass is 636 g/mol. The predicted molar refractivity (Wildman–Crippen MR) is 175 cm³/mol. The Hall–Kier alpha value is -5.78. The van der Waals surface area contributed by atoms with Crippen molar-refractivity contribution in [3.05, 3.63) is 114 Å². The number of likely N-dealkylation sites (tertiary alicyclic amines) is 1. The molecule has 1 saturated heterocycles. The van der Waals surface area contributed by atoms with E-state index in [4.69, 9.17) is 4.74 Å². The molecule has 1 fully saturated rings. The van der Waals surface area contributed by atoms with Crippen molar-refractivity contribution in [1.82, 2.24) is 20.2 Å². The van der Waals surface area contributed by atoms with Crippen LogP contribution < -0.4 is 19.9 Å². The van der Waals surface area contributed by atoms with Crippen LogP contribution in [-0.2, 0) is 22.6 Å². The number of pyridine rings is 2. The molecule has 0 spiro atoms. The lowest BCUT2D eigenvalue weighted by Crippen LogP contribution is -2.70. The first-order valence-corrected chi connectivity index (χ1v) is 15.2. The lowest BCUT2D eigenvalue weighted by molar-refractivity contribution is -0.156. The second-order valence-corrected chi connectivity index (χ2v) is 11.1. The quantitative estimate of drug-likeness (QED) is 0.217. The minimum Gasteiger partial charge on any atom is -0.497 e. The zero-order chi connectivity index (χ0) is 33.5. The number of nitrogens with zero attached hydrogens (tertiary/aromatic N) is 5. The molecule has 0 aliphatic carbocycles. The molecule has 0 unspecified atom stereocenters. The number of amides is 5. The molecular formula is C35H36N6O6. The first kappa shape index (κ1) is 32.6. The maximum Gasteiger partial charge on any atom is 0.413 e. The molecule has 47 heavy (non-hydrogen) atoms. The first-order chi connectivity index (χ1) is 22.7. The van der Waals surface area contributed by atoms with Gasteiger partial charge in [0.2, 0.25) is 5.91 Å². The summed E-state index contributed by atoms with van der Waals surface area (Å²) >= 11 is 0. The zero-order valence-corrected chi connectivity index (χ0v) is 26.3. The summed E-state index contributed by atoms with van der Waals surface area (Å²) in [5.74, 6) is -1.00. The van der Waals surface area contributed by atoms with Gasteiger partial charge in [0, 0.05) is 31.3 Å². The van der Waals surface area contributed by atoms with E-state index in [9.17, 15) is 24.3 Å². The van der Waals surface area contributed by atoms with Crippen molar-refractivity contribution in [3.8, 4) is 5.75 Å². The summed E-state index contributed by atoms with van der Waals surface area (Å²) in [7, 11) is 3.13. The number of hydrogen-bond acceptors (Lipinski definition) is 7. The molecule has 12 heteroatoms. The molecule has 3 heterocycles. The van der Waals surface area contributed by atoms with Crippen LogP contribution in [0.4, 0.5) is 21.1 Å². The molecule has 242 valence electrons. The van der Waals surface area contributed by atoms with Crippen LogP contribution in [0.3, 0.4) is 0 Å². The number of rotatable bonds is 11. The molecule has 0 saturated carbocycles. The van der Waals surface area contributed by atoms with Crippen molar-refractivity contribution in [2.24, 2.45) is 5.92 Å². The summed E-state index contributed by atoms with van der Waals surface area (Å²) in [5.41, 5.74) is 2.75. The number of carbonyl (C=O) groups excluding carboxylic acids is 3. The number of methoxy groups -OCH3 is 1. The van der Waals surface area contributed by atoms with E-state index in [0.29, 0.717) is 23.4 Å². The lowest BCUT2D eigenvalue weighted by Gasteiger charge is -2.46. The van der Waals surface area contributed by atoms with E-state index in [1.54, 1.807) is 75.1 Å². The third-order valence-electron chi connectivity index (χ3n) is 8.25. The summed E-state index contributed by atoms with van der Waals surface area (Å²) in [5, 5.41) is 12.9. The van der Waals surface area contributed by atoms with Crippen LogP contribution in [0.5, 0.6) is 5.75 Å². The molecular weight excluding hydrogens is 600 g/mol. The van der Waals surface area contributed by atoms with Crippen LogP contribution in [0.1, 0.15) is 36.1 Å². The third-order valence-corrected chi connectivity index (χ3v) is 8.25. The number of carbonyl (C=O) groups is 4. The number of imide groups is 1. The highest BCUT2D eigenvalue weighted by Crippen LogP contribution is 2.34. The number of carboxylic acid groups (broad SMARTS) is 1. The predicted octanol–water partition coefficient (Wildman–Crippen LogP) is 5.06. The third kappa shape index (κ3) is 7.22. The number of benzene rings is 2. The van der Waals surface area contributed by atoms with Gasteiger partial charge in [0.25, 0.3) is 5.91 Å². The fraction of sp³-hybridized carbons (Fsp3) is 0.257. The van der Waals surface area contributed by atoms with E-state index in [1.165, 1.54) is 11.1 Å².